The highest BCUT2D eigenvalue weighted by Crippen LogP contribution is 2.36. The maximum atomic E-state index is 15.6. The molecule has 0 unspecified atom stereocenters. The van der Waals surface area contributed by atoms with Crippen molar-refractivity contribution in [2.75, 3.05) is 7.11 Å². The zero-order valence-corrected chi connectivity index (χ0v) is 20.5. The van der Waals surface area contributed by atoms with Crippen LogP contribution in [0.5, 0.6) is 5.88 Å². The van der Waals surface area contributed by atoms with Gasteiger partial charge in [-0.25, -0.2) is 26.6 Å². The van der Waals surface area contributed by atoms with Crippen LogP contribution in [-0.2, 0) is 15.6 Å². The Morgan fingerprint density at radius 1 is 1.03 bits per heavy atom. The normalized spacial score (nSPS) is 11.7. The lowest BCUT2D eigenvalue weighted by Gasteiger charge is -2.13. The van der Waals surface area contributed by atoms with E-state index >= 15 is 8.78 Å². The molecule has 0 bridgehead atoms. The lowest BCUT2D eigenvalue weighted by Crippen LogP contribution is -2.10. The van der Waals surface area contributed by atoms with Crippen LogP contribution in [0.4, 0.5) is 13.2 Å². The highest BCUT2D eigenvalue weighted by atomic mass is 35.5. The van der Waals surface area contributed by atoms with Gasteiger partial charge >= 0.3 is 0 Å². The van der Waals surface area contributed by atoms with Crippen LogP contribution in [-0.4, -0.2) is 35.7 Å². The Morgan fingerprint density at radius 3 is 2.57 bits per heavy atom. The number of methoxy groups -OCH3 is 1. The van der Waals surface area contributed by atoms with E-state index in [1.807, 2.05) is 0 Å². The minimum absolute atomic E-state index is 0.0269. The van der Waals surface area contributed by atoms with Crippen LogP contribution in [0.1, 0.15) is 5.56 Å². The summed E-state index contributed by atoms with van der Waals surface area (Å²) < 4.78 is 77.1. The summed E-state index contributed by atoms with van der Waals surface area (Å²) in [6, 6.07) is 10.8. The second-order valence-electron chi connectivity index (χ2n) is 7.95. The minimum Gasteiger partial charge on any atom is -0.480 e. The van der Waals surface area contributed by atoms with E-state index in [1.54, 1.807) is 24.4 Å². The number of sulfone groups is 1. The Bertz CT molecular complexity index is 1760. The molecule has 0 radical (unpaired) electrons. The smallest absolute Gasteiger partial charge is 0.232 e. The molecule has 3 aromatic heterocycles. The Morgan fingerprint density at radius 2 is 1.84 bits per heavy atom. The van der Waals surface area contributed by atoms with E-state index in [2.05, 4.69) is 20.2 Å². The van der Waals surface area contributed by atoms with Crippen LogP contribution in [0.15, 0.2) is 65.8 Å². The summed E-state index contributed by atoms with van der Waals surface area (Å²) in [6.07, 6.45) is 2.76. The second-order valence-corrected chi connectivity index (χ2v) is 10.3. The number of hydrogen-bond donors (Lipinski definition) is 1. The van der Waals surface area contributed by atoms with Crippen molar-refractivity contribution in [2.24, 2.45) is 0 Å². The highest BCUT2D eigenvalue weighted by molar-refractivity contribution is 7.90. The summed E-state index contributed by atoms with van der Waals surface area (Å²) in [6.45, 7) is 0. The van der Waals surface area contributed by atoms with E-state index in [9.17, 15) is 12.8 Å². The van der Waals surface area contributed by atoms with Crippen molar-refractivity contribution in [2.45, 2.75) is 10.6 Å². The van der Waals surface area contributed by atoms with Crippen molar-refractivity contribution in [1.29, 1.82) is 0 Å². The number of aromatic amines is 1. The molecule has 1 N–H and O–H groups in total. The van der Waals surface area contributed by atoms with Crippen molar-refractivity contribution >= 4 is 32.3 Å². The second kappa shape index (κ2) is 9.49. The van der Waals surface area contributed by atoms with Crippen LogP contribution in [0.25, 0.3) is 33.4 Å². The number of aromatic nitrogens is 4. The van der Waals surface area contributed by atoms with Gasteiger partial charge in [-0.2, -0.15) is 5.10 Å². The van der Waals surface area contributed by atoms with Crippen LogP contribution in [0.3, 0.4) is 0 Å². The monoisotopic (exact) mass is 544 g/mol. The lowest BCUT2D eigenvalue weighted by atomic mass is 9.99. The molecule has 5 rings (SSSR count). The number of H-pyrrole nitrogens is 1. The van der Waals surface area contributed by atoms with E-state index in [0.29, 0.717) is 16.8 Å². The predicted molar refractivity (Wildman–Crippen MR) is 131 cm³/mol. The molecular weight excluding hydrogens is 529 g/mol. The Balaban J connectivity index is 1.60. The van der Waals surface area contributed by atoms with Gasteiger partial charge in [0.2, 0.25) is 5.88 Å². The van der Waals surface area contributed by atoms with Crippen molar-refractivity contribution in [3.05, 3.63) is 89.0 Å². The first-order chi connectivity index (χ1) is 17.7. The van der Waals surface area contributed by atoms with Crippen molar-refractivity contribution in [3.8, 4) is 28.4 Å². The summed E-state index contributed by atoms with van der Waals surface area (Å²) in [5.74, 6) is -4.38. The third-order valence-electron chi connectivity index (χ3n) is 5.69. The van der Waals surface area contributed by atoms with E-state index in [-0.39, 0.29) is 26.9 Å². The number of fused-ring (bicyclic) bond motifs is 1. The summed E-state index contributed by atoms with van der Waals surface area (Å²) in [5.41, 5.74) is -0.717. The third kappa shape index (κ3) is 4.40. The molecule has 12 heteroatoms. The molecule has 3 heterocycles. The molecule has 5 aromatic rings. The minimum atomic E-state index is -4.24. The number of nitrogens with zero attached hydrogens (tertiary/aromatic N) is 3. The molecule has 0 saturated heterocycles. The molecule has 0 aliphatic rings. The van der Waals surface area contributed by atoms with Crippen LogP contribution in [0.2, 0.25) is 5.02 Å². The van der Waals surface area contributed by atoms with Gasteiger partial charge in [-0.1, -0.05) is 29.8 Å². The zero-order chi connectivity index (χ0) is 26.3. The van der Waals surface area contributed by atoms with Gasteiger partial charge in [-0.05, 0) is 30.3 Å². The summed E-state index contributed by atoms with van der Waals surface area (Å²) in [7, 11) is -3.02. The number of rotatable bonds is 6. The van der Waals surface area contributed by atoms with Gasteiger partial charge in [-0.3, -0.25) is 10.1 Å². The van der Waals surface area contributed by atoms with Crippen LogP contribution < -0.4 is 4.74 Å². The number of benzene rings is 2. The largest absolute Gasteiger partial charge is 0.480 e. The quantitative estimate of drug-likeness (QED) is 0.293. The molecular formula is C25H16ClF3N4O3S. The first-order valence-corrected chi connectivity index (χ1v) is 12.7. The summed E-state index contributed by atoms with van der Waals surface area (Å²) in [5, 5.41) is 7.07. The fraction of sp³-hybridized carbons (Fsp3) is 0.0800. The topological polar surface area (TPSA) is 97.8 Å². The molecule has 0 spiro atoms. The first kappa shape index (κ1) is 24.7. The fourth-order valence-electron chi connectivity index (χ4n) is 3.97. The Kier molecular flexibility index (Phi) is 6.34. The van der Waals surface area contributed by atoms with Crippen molar-refractivity contribution in [1.82, 2.24) is 20.2 Å². The standard InChI is InChI=1S/C25H16ClF3N4O3S/c1-36-25-19(10-14(26)11-31-25)37(34,35)12-13-5-8-17(27)20(21(13)28)15-6-7-16-23(18-4-2-3-9-30-18)32-33-24(16)22(15)29/h2-11H,12H2,1H3,(H,32,33). The van der Waals surface area contributed by atoms with Gasteiger partial charge in [0.05, 0.1) is 34.8 Å². The number of ether oxygens (including phenoxy) is 1. The number of halogens is 4. The zero-order valence-electron chi connectivity index (χ0n) is 19.0. The summed E-state index contributed by atoms with van der Waals surface area (Å²) in [4.78, 5) is 7.66. The highest BCUT2D eigenvalue weighted by Gasteiger charge is 2.27. The first-order valence-electron chi connectivity index (χ1n) is 10.7. The molecule has 37 heavy (non-hydrogen) atoms. The Labute approximate surface area is 213 Å². The maximum Gasteiger partial charge on any atom is 0.232 e. The lowest BCUT2D eigenvalue weighted by molar-refractivity contribution is 0.385. The van der Waals surface area contributed by atoms with Gasteiger partial charge in [0.25, 0.3) is 0 Å². The van der Waals surface area contributed by atoms with Crippen molar-refractivity contribution < 1.29 is 26.3 Å². The Hall–Kier alpha value is -3.96. The van der Waals surface area contributed by atoms with Gasteiger partial charge in [0, 0.05) is 28.9 Å². The van der Waals surface area contributed by atoms with Crippen LogP contribution in [0, 0.1) is 17.5 Å². The third-order valence-corrected chi connectivity index (χ3v) is 7.55. The summed E-state index contributed by atoms with van der Waals surface area (Å²) >= 11 is 5.89. The molecule has 0 saturated carbocycles. The van der Waals surface area contributed by atoms with Gasteiger partial charge < -0.3 is 4.74 Å². The van der Waals surface area contributed by atoms with Gasteiger partial charge in [0.1, 0.15) is 22.0 Å². The molecule has 0 atom stereocenters. The predicted octanol–water partition coefficient (Wildman–Crippen LogP) is 5.74. The van der Waals surface area contributed by atoms with E-state index in [1.165, 1.54) is 25.4 Å². The SMILES string of the molecule is COc1ncc(Cl)cc1S(=O)(=O)Cc1ccc(F)c(-c2ccc3c(-c4ccccn4)[nH]nc3c2F)c1F. The molecule has 0 aliphatic carbocycles. The number of hydrogen-bond acceptors (Lipinski definition) is 6. The van der Waals surface area contributed by atoms with E-state index < -0.39 is 44.2 Å². The molecule has 0 fully saturated rings. The number of nitrogens with one attached hydrogen (secondary N) is 1. The molecule has 188 valence electrons. The van der Waals surface area contributed by atoms with Crippen LogP contribution >= 0.6 is 11.6 Å². The fourth-order valence-corrected chi connectivity index (χ4v) is 5.69. The average molecular weight is 545 g/mol. The number of pyridine rings is 2. The molecule has 7 nitrogen and oxygen atoms in total. The van der Waals surface area contributed by atoms with E-state index in [4.69, 9.17) is 16.3 Å². The van der Waals surface area contributed by atoms with E-state index in [0.717, 1.165) is 18.2 Å². The maximum absolute atomic E-state index is 15.6. The molecule has 0 aliphatic heterocycles. The van der Waals surface area contributed by atoms with Crippen molar-refractivity contribution in [3.63, 3.8) is 0 Å². The molecule has 0 amide bonds. The molecule has 2 aromatic carbocycles. The van der Waals surface area contributed by atoms with Gasteiger partial charge in [0.15, 0.2) is 15.7 Å². The average Bonchev–Trinajstić information content (AvgIpc) is 3.32. The van der Waals surface area contributed by atoms with Gasteiger partial charge in [-0.15, -0.1) is 0 Å².